The fraction of sp³-hybridized carbons (Fsp3) is 0.190. The van der Waals surface area contributed by atoms with Crippen LogP contribution in [0.5, 0.6) is 0 Å². The first-order valence-corrected chi connectivity index (χ1v) is 9.12. The molecule has 2 aromatic carbocycles. The molecule has 0 aliphatic carbocycles. The number of aromatic nitrogens is 1. The normalized spacial score (nSPS) is 16.3. The van der Waals surface area contributed by atoms with Gasteiger partial charge in [-0.25, -0.2) is 9.69 Å². The summed E-state index contributed by atoms with van der Waals surface area (Å²) in [5, 5.41) is 6.41. The van der Waals surface area contributed by atoms with E-state index in [9.17, 15) is 19.3 Å². The Kier molecular flexibility index (Phi) is 4.67. The molecule has 4 rings (SSSR count). The zero-order valence-electron chi connectivity index (χ0n) is 15.7. The van der Waals surface area contributed by atoms with Crippen molar-refractivity contribution in [2.75, 3.05) is 4.90 Å². The number of amides is 3. The lowest BCUT2D eigenvalue weighted by Crippen LogP contribution is -2.32. The second-order valence-electron chi connectivity index (χ2n) is 6.89. The van der Waals surface area contributed by atoms with E-state index in [4.69, 9.17) is 0 Å². The highest BCUT2D eigenvalue weighted by atomic mass is 16.3. The first-order valence-electron chi connectivity index (χ1n) is 9.12. The number of hydrogen-bond acceptors (Lipinski definition) is 5. The lowest BCUT2D eigenvalue weighted by atomic mass is 10.0. The Balaban J connectivity index is 1.61. The Morgan fingerprint density at radius 1 is 1.10 bits per heavy atom. The van der Waals surface area contributed by atoms with Crippen molar-refractivity contribution in [1.29, 1.82) is 0 Å². The van der Waals surface area contributed by atoms with Gasteiger partial charge in [0.05, 0.1) is 11.2 Å². The van der Waals surface area contributed by atoms with Gasteiger partial charge in [-0.15, -0.1) is 0 Å². The Labute approximate surface area is 166 Å². The Morgan fingerprint density at radius 2 is 1.83 bits per heavy atom. The van der Waals surface area contributed by atoms with Gasteiger partial charge in [0.2, 0.25) is 5.91 Å². The van der Waals surface area contributed by atoms with Crippen LogP contribution in [-0.4, -0.2) is 28.5 Å². The van der Waals surface area contributed by atoms with Crippen LogP contribution in [-0.2, 0) is 17.8 Å². The van der Waals surface area contributed by atoms with E-state index in [0.717, 1.165) is 21.4 Å². The molecule has 8 nitrogen and oxygen atoms in total. The maximum absolute atomic E-state index is 12.9. The zero-order chi connectivity index (χ0) is 20.5. The van der Waals surface area contributed by atoms with Crippen molar-refractivity contribution < 1.29 is 14.4 Å². The van der Waals surface area contributed by atoms with Crippen LogP contribution in [0.3, 0.4) is 0 Å². The minimum atomic E-state index is -0.731. The molecule has 1 fully saturated rings. The number of rotatable bonds is 5. The molecule has 29 heavy (non-hydrogen) atoms. The van der Waals surface area contributed by atoms with E-state index < -0.39 is 12.1 Å². The number of nitrogens with one attached hydrogen (secondary N) is 1. The van der Waals surface area contributed by atoms with Gasteiger partial charge >= 0.3 is 6.03 Å². The number of hydrogen-bond donors (Lipinski definition) is 1. The van der Waals surface area contributed by atoms with Crippen LogP contribution in [0.1, 0.15) is 22.8 Å². The fourth-order valence-corrected chi connectivity index (χ4v) is 3.63. The fourth-order valence-electron chi connectivity index (χ4n) is 3.63. The maximum atomic E-state index is 12.9. The number of nitroso groups, excluding NO2 is 1. The molecule has 2 heterocycles. The van der Waals surface area contributed by atoms with Gasteiger partial charge in [-0.1, -0.05) is 35.5 Å². The van der Waals surface area contributed by atoms with Crippen molar-refractivity contribution in [3.8, 4) is 0 Å². The third kappa shape index (κ3) is 3.29. The van der Waals surface area contributed by atoms with E-state index in [0.29, 0.717) is 11.3 Å². The average molecular weight is 390 g/mol. The van der Waals surface area contributed by atoms with Crippen LogP contribution >= 0.6 is 0 Å². The van der Waals surface area contributed by atoms with Crippen LogP contribution in [0.15, 0.2) is 59.9 Å². The number of carbonyl (C=O) groups is 3. The highest BCUT2D eigenvalue weighted by Gasteiger charge is 2.39. The number of imide groups is 1. The van der Waals surface area contributed by atoms with Crippen LogP contribution in [0.25, 0.3) is 10.9 Å². The molecule has 0 saturated carbocycles. The molecule has 1 N–H and O–H groups in total. The maximum Gasteiger partial charge on any atom is 0.329 e. The molecule has 1 aliphatic rings. The van der Waals surface area contributed by atoms with Gasteiger partial charge in [0.25, 0.3) is 5.91 Å². The minimum Gasteiger partial charge on any atom is -0.325 e. The summed E-state index contributed by atoms with van der Waals surface area (Å²) in [4.78, 5) is 48.7. The summed E-state index contributed by atoms with van der Waals surface area (Å²) in [6, 6.07) is 12.8. The average Bonchev–Trinajstić information content (AvgIpc) is 3.21. The number of anilines is 1. The van der Waals surface area contributed by atoms with E-state index in [1.165, 1.54) is 6.92 Å². The van der Waals surface area contributed by atoms with Gasteiger partial charge in [0.1, 0.15) is 12.6 Å². The summed E-state index contributed by atoms with van der Waals surface area (Å²) in [7, 11) is 0. The van der Waals surface area contributed by atoms with Crippen LogP contribution in [0, 0.1) is 4.91 Å². The molecular formula is C21H18N4O4. The number of nitrogens with zero attached hydrogens (tertiary/aromatic N) is 3. The third-order valence-corrected chi connectivity index (χ3v) is 5.02. The predicted octanol–water partition coefficient (Wildman–Crippen LogP) is 3.24. The van der Waals surface area contributed by atoms with Crippen molar-refractivity contribution in [3.05, 3.63) is 70.8 Å². The van der Waals surface area contributed by atoms with Gasteiger partial charge in [-0.05, 0) is 29.3 Å². The molecule has 8 heteroatoms. The monoisotopic (exact) mass is 390 g/mol. The SMILES string of the molecule is CC(=O)n1cc(CC2NC(=O)N(c3ccc(CN=O)cc3)C2=O)c2ccccc21. The molecule has 1 unspecified atom stereocenters. The van der Waals surface area contributed by atoms with E-state index in [2.05, 4.69) is 10.5 Å². The van der Waals surface area contributed by atoms with E-state index >= 15 is 0 Å². The first-order chi connectivity index (χ1) is 14.0. The molecule has 0 radical (unpaired) electrons. The highest BCUT2D eigenvalue weighted by Crippen LogP contribution is 2.26. The number of carbonyl (C=O) groups excluding carboxylic acids is 3. The first kappa shape index (κ1) is 18.5. The van der Waals surface area contributed by atoms with Crippen LogP contribution in [0.2, 0.25) is 0 Å². The van der Waals surface area contributed by atoms with Crippen LogP contribution < -0.4 is 10.2 Å². The summed E-state index contributed by atoms with van der Waals surface area (Å²) in [5.41, 5.74) is 2.70. The predicted molar refractivity (Wildman–Crippen MR) is 108 cm³/mol. The van der Waals surface area contributed by atoms with Gasteiger partial charge in [0, 0.05) is 24.9 Å². The summed E-state index contributed by atoms with van der Waals surface area (Å²) in [6.45, 7) is 1.51. The van der Waals surface area contributed by atoms with Gasteiger partial charge < -0.3 is 5.32 Å². The number of urea groups is 1. The number of benzene rings is 2. The van der Waals surface area contributed by atoms with E-state index in [1.807, 2.05) is 24.3 Å². The molecule has 1 aromatic heterocycles. The lowest BCUT2D eigenvalue weighted by molar-refractivity contribution is -0.118. The van der Waals surface area contributed by atoms with Crippen molar-refractivity contribution >= 4 is 34.4 Å². The molecule has 1 atom stereocenters. The Bertz CT molecular complexity index is 1130. The highest BCUT2D eigenvalue weighted by molar-refractivity contribution is 6.21. The lowest BCUT2D eigenvalue weighted by Gasteiger charge is -2.13. The molecule has 1 aliphatic heterocycles. The quantitative estimate of drug-likeness (QED) is 0.534. The number of fused-ring (bicyclic) bond motifs is 1. The van der Waals surface area contributed by atoms with Gasteiger partial charge in [0.15, 0.2) is 0 Å². The molecule has 1 saturated heterocycles. The molecule has 0 bridgehead atoms. The van der Waals surface area contributed by atoms with E-state index in [-0.39, 0.29) is 24.8 Å². The smallest absolute Gasteiger partial charge is 0.325 e. The summed E-state index contributed by atoms with van der Waals surface area (Å²) in [6.07, 6.45) is 1.99. The molecule has 3 amide bonds. The summed E-state index contributed by atoms with van der Waals surface area (Å²) in [5.74, 6) is -0.489. The van der Waals surface area contributed by atoms with E-state index in [1.54, 1.807) is 35.0 Å². The number of para-hydroxylation sites is 1. The van der Waals surface area contributed by atoms with Gasteiger partial charge in [-0.2, -0.15) is 4.91 Å². The topological polar surface area (TPSA) is 101 Å². The minimum absolute atomic E-state index is 0.0310. The van der Waals surface area contributed by atoms with Crippen molar-refractivity contribution in [2.24, 2.45) is 5.18 Å². The molecule has 3 aromatic rings. The molecular weight excluding hydrogens is 372 g/mol. The molecule has 0 spiro atoms. The van der Waals surface area contributed by atoms with Crippen LogP contribution in [0.4, 0.5) is 10.5 Å². The molecule has 146 valence electrons. The van der Waals surface area contributed by atoms with Gasteiger partial charge in [-0.3, -0.25) is 14.2 Å². The largest absolute Gasteiger partial charge is 0.329 e. The zero-order valence-corrected chi connectivity index (χ0v) is 15.7. The summed E-state index contributed by atoms with van der Waals surface area (Å²) >= 11 is 0. The Hall–Kier alpha value is -3.81. The van der Waals surface area contributed by atoms with Crippen molar-refractivity contribution in [1.82, 2.24) is 9.88 Å². The van der Waals surface area contributed by atoms with Crippen molar-refractivity contribution in [2.45, 2.75) is 25.9 Å². The Morgan fingerprint density at radius 3 is 2.52 bits per heavy atom. The second-order valence-corrected chi connectivity index (χ2v) is 6.89. The summed E-state index contributed by atoms with van der Waals surface area (Å²) < 4.78 is 1.55. The van der Waals surface area contributed by atoms with Crippen molar-refractivity contribution in [3.63, 3.8) is 0 Å². The standard InChI is InChI=1S/C21H18N4O4/c1-13(26)24-12-15(17-4-2-3-5-19(17)24)10-18-20(27)25(21(28)23-18)16-8-6-14(7-9-16)11-22-29/h2-9,12,18H,10-11H2,1H3,(H,23,28). The second kappa shape index (κ2) is 7.31. The third-order valence-electron chi connectivity index (χ3n) is 5.02.